The van der Waals surface area contributed by atoms with Gasteiger partial charge < -0.3 is 10.6 Å². The minimum atomic E-state index is -3.76. The Morgan fingerprint density at radius 2 is 1.59 bits per heavy atom. The lowest BCUT2D eigenvalue weighted by Crippen LogP contribution is -2.46. The molecule has 2 amide bonds. The van der Waals surface area contributed by atoms with Gasteiger partial charge in [-0.3, -0.25) is 9.59 Å². The van der Waals surface area contributed by atoms with Gasteiger partial charge in [0, 0.05) is 25.7 Å². The number of hydrogen-bond donors (Lipinski definition) is 2. The van der Waals surface area contributed by atoms with Crippen molar-refractivity contribution in [2.75, 3.05) is 19.6 Å². The molecule has 3 rings (SSSR count). The summed E-state index contributed by atoms with van der Waals surface area (Å²) in [7, 11) is -3.76. The first-order valence-electron chi connectivity index (χ1n) is 10.8. The highest BCUT2D eigenvalue weighted by Gasteiger charge is 2.33. The third-order valence-electron chi connectivity index (χ3n) is 5.50. The molecule has 0 saturated carbocycles. The van der Waals surface area contributed by atoms with Crippen LogP contribution in [0.1, 0.15) is 31.2 Å². The van der Waals surface area contributed by atoms with Gasteiger partial charge in [-0.15, -0.1) is 0 Å². The molecule has 2 N–H and O–H groups in total. The summed E-state index contributed by atoms with van der Waals surface area (Å²) in [5.74, 6) is -1.94. The number of nitrogens with one attached hydrogen (secondary N) is 2. The monoisotopic (exact) mass is 461 g/mol. The summed E-state index contributed by atoms with van der Waals surface area (Å²) in [6, 6.07) is 14.1. The van der Waals surface area contributed by atoms with E-state index in [2.05, 4.69) is 10.6 Å². The number of benzene rings is 2. The second kappa shape index (κ2) is 11.2. The van der Waals surface area contributed by atoms with Crippen molar-refractivity contribution >= 4 is 21.8 Å². The molecule has 0 radical (unpaired) electrons. The molecule has 2 aromatic carbocycles. The Kier molecular flexibility index (Phi) is 8.35. The molecular formula is C23H28FN3O4S. The van der Waals surface area contributed by atoms with E-state index in [-0.39, 0.29) is 17.5 Å². The van der Waals surface area contributed by atoms with Gasteiger partial charge in [0.1, 0.15) is 5.82 Å². The molecule has 1 aliphatic rings. The van der Waals surface area contributed by atoms with Crippen molar-refractivity contribution in [2.24, 2.45) is 0 Å². The Morgan fingerprint density at radius 3 is 2.28 bits per heavy atom. The maximum atomic E-state index is 13.2. The van der Waals surface area contributed by atoms with Gasteiger partial charge in [0.15, 0.2) is 0 Å². The predicted octanol–water partition coefficient (Wildman–Crippen LogP) is 2.23. The zero-order valence-electron chi connectivity index (χ0n) is 17.8. The van der Waals surface area contributed by atoms with Crippen LogP contribution in [0.2, 0.25) is 0 Å². The number of amides is 2. The first kappa shape index (κ1) is 23.9. The van der Waals surface area contributed by atoms with E-state index in [4.69, 9.17) is 0 Å². The number of piperidine rings is 1. The summed E-state index contributed by atoms with van der Waals surface area (Å²) < 4.78 is 40.6. The number of hydrogen-bond acceptors (Lipinski definition) is 4. The molecule has 0 unspecified atom stereocenters. The summed E-state index contributed by atoms with van der Waals surface area (Å²) in [6.07, 6.45) is 3.31. The van der Waals surface area contributed by atoms with Crippen LogP contribution in [0.15, 0.2) is 59.5 Å². The summed E-state index contributed by atoms with van der Waals surface area (Å²) >= 11 is 0. The summed E-state index contributed by atoms with van der Waals surface area (Å²) in [5.41, 5.74) is 1.06. The average molecular weight is 462 g/mol. The molecule has 1 aliphatic heterocycles. The molecule has 9 heteroatoms. The predicted molar refractivity (Wildman–Crippen MR) is 119 cm³/mol. The van der Waals surface area contributed by atoms with Gasteiger partial charge in [0.05, 0.1) is 4.90 Å². The van der Waals surface area contributed by atoms with Crippen molar-refractivity contribution in [3.8, 4) is 0 Å². The fourth-order valence-electron chi connectivity index (χ4n) is 3.80. The summed E-state index contributed by atoms with van der Waals surface area (Å²) in [6.45, 7) is 0.909. The maximum absolute atomic E-state index is 13.2. The fraction of sp³-hybridized carbons (Fsp3) is 0.391. The Hall–Kier alpha value is -2.78. The van der Waals surface area contributed by atoms with Crippen LogP contribution in [-0.4, -0.2) is 50.2 Å². The molecule has 7 nitrogen and oxygen atoms in total. The smallest absolute Gasteiger partial charge is 0.309 e. The minimum absolute atomic E-state index is 0.0487. The number of carbonyl (C=O) groups is 2. The third-order valence-corrected chi connectivity index (χ3v) is 7.47. The van der Waals surface area contributed by atoms with Crippen molar-refractivity contribution in [3.05, 3.63) is 66.0 Å². The Morgan fingerprint density at radius 1 is 0.938 bits per heavy atom. The lowest BCUT2D eigenvalue weighted by Gasteiger charge is -2.34. The normalized spacial score (nSPS) is 17.0. The molecule has 1 saturated heterocycles. The molecule has 1 fully saturated rings. The lowest BCUT2D eigenvalue weighted by molar-refractivity contribution is -0.139. The number of carbonyl (C=O) groups excluding carboxylic acids is 2. The van der Waals surface area contributed by atoms with Gasteiger partial charge in [-0.25, -0.2) is 12.8 Å². The molecule has 2 aromatic rings. The van der Waals surface area contributed by atoms with Gasteiger partial charge in [0.2, 0.25) is 10.0 Å². The highest BCUT2D eigenvalue weighted by atomic mass is 32.2. The number of nitrogens with zero attached hydrogens (tertiary/aromatic N) is 1. The molecule has 0 spiro atoms. The standard InChI is InChI=1S/C23H28FN3O4S/c24-19-9-11-21(12-10-19)32(30,31)27-17-5-4-8-20(27)14-16-26-23(29)22(28)25-15-13-18-6-2-1-3-7-18/h1-3,6-7,9-12,20H,4-5,8,13-17H2,(H,25,28)(H,26,29)/t20-/m0/s1. The van der Waals surface area contributed by atoms with Crippen LogP contribution in [0.3, 0.4) is 0 Å². The van der Waals surface area contributed by atoms with Crippen LogP contribution in [0.4, 0.5) is 4.39 Å². The molecule has 1 heterocycles. The molecule has 0 bridgehead atoms. The van der Waals surface area contributed by atoms with Crippen LogP contribution in [0.25, 0.3) is 0 Å². The molecule has 32 heavy (non-hydrogen) atoms. The number of sulfonamides is 1. The molecule has 0 aromatic heterocycles. The van der Waals surface area contributed by atoms with Crippen molar-refractivity contribution < 1.29 is 22.4 Å². The Labute approximate surface area is 188 Å². The third kappa shape index (κ3) is 6.37. The van der Waals surface area contributed by atoms with Gasteiger partial charge in [0.25, 0.3) is 0 Å². The van der Waals surface area contributed by atoms with Gasteiger partial charge in [-0.05, 0) is 55.5 Å². The highest BCUT2D eigenvalue weighted by Crippen LogP contribution is 2.27. The zero-order chi connectivity index (χ0) is 23.0. The van der Waals surface area contributed by atoms with Gasteiger partial charge in [-0.2, -0.15) is 4.31 Å². The Balaban J connectivity index is 1.48. The van der Waals surface area contributed by atoms with Crippen LogP contribution in [-0.2, 0) is 26.0 Å². The van der Waals surface area contributed by atoms with E-state index < -0.39 is 27.7 Å². The second-order valence-electron chi connectivity index (χ2n) is 7.76. The largest absolute Gasteiger partial charge is 0.348 e. The van der Waals surface area contributed by atoms with Crippen LogP contribution >= 0.6 is 0 Å². The summed E-state index contributed by atoms with van der Waals surface area (Å²) in [4.78, 5) is 24.1. The van der Waals surface area contributed by atoms with Crippen LogP contribution < -0.4 is 10.6 Å². The topological polar surface area (TPSA) is 95.6 Å². The maximum Gasteiger partial charge on any atom is 0.309 e. The van der Waals surface area contributed by atoms with E-state index in [9.17, 15) is 22.4 Å². The summed E-state index contributed by atoms with van der Waals surface area (Å²) in [5, 5.41) is 5.17. The van der Waals surface area contributed by atoms with E-state index in [1.807, 2.05) is 30.3 Å². The molecular weight excluding hydrogens is 433 g/mol. The van der Waals surface area contributed by atoms with E-state index in [1.54, 1.807) is 0 Å². The van der Waals surface area contributed by atoms with Crippen molar-refractivity contribution in [3.63, 3.8) is 0 Å². The minimum Gasteiger partial charge on any atom is -0.348 e. The van der Waals surface area contributed by atoms with Gasteiger partial charge >= 0.3 is 11.8 Å². The Bertz CT molecular complexity index is 1010. The lowest BCUT2D eigenvalue weighted by atomic mass is 10.0. The average Bonchev–Trinajstić information content (AvgIpc) is 2.80. The quantitative estimate of drug-likeness (QED) is 0.590. The fourth-order valence-corrected chi connectivity index (χ4v) is 5.52. The van der Waals surface area contributed by atoms with E-state index in [1.165, 1.54) is 16.4 Å². The van der Waals surface area contributed by atoms with E-state index in [0.717, 1.165) is 30.5 Å². The van der Waals surface area contributed by atoms with Crippen molar-refractivity contribution in [1.82, 2.24) is 14.9 Å². The SMILES string of the molecule is O=C(NCCc1ccccc1)C(=O)NCC[C@@H]1CCCCN1S(=O)(=O)c1ccc(F)cc1. The van der Waals surface area contributed by atoms with Crippen molar-refractivity contribution in [1.29, 1.82) is 0 Å². The molecule has 1 atom stereocenters. The number of halogens is 1. The van der Waals surface area contributed by atoms with E-state index >= 15 is 0 Å². The van der Waals surface area contributed by atoms with Crippen LogP contribution in [0, 0.1) is 5.82 Å². The number of rotatable bonds is 8. The zero-order valence-corrected chi connectivity index (χ0v) is 18.6. The van der Waals surface area contributed by atoms with Gasteiger partial charge in [-0.1, -0.05) is 36.8 Å². The highest BCUT2D eigenvalue weighted by molar-refractivity contribution is 7.89. The van der Waals surface area contributed by atoms with E-state index in [0.29, 0.717) is 32.4 Å². The van der Waals surface area contributed by atoms with Crippen molar-refractivity contribution in [2.45, 2.75) is 43.0 Å². The second-order valence-corrected chi connectivity index (χ2v) is 9.65. The molecule has 172 valence electrons. The first-order chi connectivity index (χ1) is 15.4. The first-order valence-corrected chi connectivity index (χ1v) is 12.2. The van der Waals surface area contributed by atoms with Crippen LogP contribution in [0.5, 0.6) is 0 Å². The molecule has 0 aliphatic carbocycles.